The molecule has 2 amide bonds. The lowest BCUT2D eigenvalue weighted by atomic mass is 9.76. The van der Waals surface area contributed by atoms with Gasteiger partial charge in [-0.05, 0) is 44.9 Å². The fourth-order valence-corrected chi connectivity index (χ4v) is 5.54. The number of aromatic nitrogens is 1. The summed E-state index contributed by atoms with van der Waals surface area (Å²) in [5.41, 5.74) is 0.850. The maximum absolute atomic E-state index is 12.9. The van der Waals surface area contributed by atoms with E-state index in [1.54, 1.807) is 0 Å². The van der Waals surface area contributed by atoms with Crippen molar-refractivity contribution in [2.45, 2.75) is 45.6 Å². The third kappa shape index (κ3) is 2.57. The standard InChI is InChI=1S/C17H23N3O2S/c1-10-16(23-11(2)18-10)17(22)19-7-12-6-13(9-19)14-4-3-5-15(21)20(14)8-12/h12-14H,3-9H2,1-2H3. The molecule has 5 nitrogen and oxygen atoms in total. The number of nitrogens with zero attached hydrogens (tertiary/aromatic N) is 3. The molecule has 3 fully saturated rings. The first kappa shape index (κ1) is 15.1. The molecule has 124 valence electrons. The molecule has 1 aromatic rings. The topological polar surface area (TPSA) is 53.5 Å². The highest BCUT2D eigenvalue weighted by atomic mass is 32.1. The molecule has 3 unspecified atom stereocenters. The number of hydrogen-bond donors (Lipinski definition) is 0. The second-order valence-corrected chi connectivity index (χ2v) is 8.43. The predicted molar refractivity (Wildman–Crippen MR) is 88.4 cm³/mol. The number of hydrogen-bond acceptors (Lipinski definition) is 4. The van der Waals surface area contributed by atoms with Gasteiger partial charge in [0.25, 0.3) is 5.91 Å². The Morgan fingerprint density at radius 1 is 1.26 bits per heavy atom. The Kier molecular flexibility index (Phi) is 3.67. The number of aryl methyl sites for hydroxylation is 2. The maximum atomic E-state index is 12.9. The smallest absolute Gasteiger partial charge is 0.265 e. The largest absolute Gasteiger partial charge is 0.339 e. The molecule has 2 bridgehead atoms. The van der Waals surface area contributed by atoms with E-state index in [4.69, 9.17) is 0 Å². The summed E-state index contributed by atoms with van der Waals surface area (Å²) in [6.45, 7) is 6.28. The number of rotatable bonds is 1. The highest BCUT2D eigenvalue weighted by molar-refractivity contribution is 7.13. The Morgan fingerprint density at radius 3 is 2.83 bits per heavy atom. The second kappa shape index (κ2) is 5.58. The number of amides is 2. The van der Waals surface area contributed by atoms with Crippen molar-refractivity contribution in [1.82, 2.24) is 14.8 Å². The molecule has 0 aliphatic carbocycles. The van der Waals surface area contributed by atoms with Crippen molar-refractivity contribution in [2.24, 2.45) is 11.8 Å². The van der Waals surface area contributed by atoms with Crippen LogP contribution in [0.25, 0.3) is 0 Å². The van der Waals surface area contributed by atoms with Crippen LogP contribution in [-0.2, 0) is 4.79 Å². The molecule has 1 aromatic heterocycles. The van der Waals surface area contributed by atoms with Crippen LogP contribution in [0.2, 0.25) is 0 Å². The summed E-state index contributed by atoms with van der Waals surface area (Å²) in [6.07, 6.45) is 3.98. The van der Waals surface area contributed by atoms with Crippen LogP contribution in [0.1, 0.15) is 46.1 Å². The lowest BCUT2D eigenvalue weighted by molar-refractivity contribution is -0.144. The van der Waals surface area contributed by atoms with Gasteiger partial charge < -0.3 is 9.80 Å². The fraction of sp³-hybridized carbons (Fsp3) is 0.706. The summed E-state index contributed by atoms with van der Waals surface area (Å²) in [4.78, 5) is 34.4. The van der Waals surface area contributed by atoms with Crippen LogP contribution in [0.4, 0.5) is 0 Å². The van der Waals surface area contributed by atoms with Gasteiger partial charge in [-0.3, -0.25) is 9.59 Å². The summed E-state index contributed by atoms with van der Waals surface area (Å²) >= 11 is 1.50. The second-order valence-electron chi connectivity index (χ2n) is 7.23. The zero-order valence-electron chi connectivity index (χ0n) is 13.7. The molecule has 0 aromatic carbocycles. The van der Waals surface area contributed by atoms with Crippen molar-refractivity contribution >= 4 is 23.2 Å². The van der Waals surface area contributed by atoms with Gasteiger partial charge in [0, 0.05) is 32.1 Å². The lowest BCUT2D eigenvalue weighted by Crippen LogP contribution is -2.61. The number of fused-ring (bicyclic) bond motifs is 4. The van der Waals surface area contributed by atoms with Gasteiger partial charge in [-0.1, -0.05) is 0 Å². The van der Waals surface area contributed by atoms with E-state index in [1.807, 2.05) is 18.7 Å². The minimum absolute atomic E-state index is 0.137. The summed E-state index contributed by atoms with van der Waals surface area (Å²) in [6, 6.07) is 0.354. The highest BCUT2D eigenvalue weighted by Crippen LogP contribution is 2.38. The Morgan fingerprint density at radius 2 is 2.09 bits per heavy atom. The van der Waals surface area contributed by atoms with Crippen LogP contribution in [-0.4, -0.2) is 52.3 Å². The number of thiazole rings is 1. The van der Waals surface area contributed by atoms with Crippen LogP contribution >= 0.6 is 11.3 Å². The molecule has 4 rings (SSSR count). The van der Waals surface area contributed by atoms with Crippen molar-refractivity contribution in [2.75, 3.05) is 19.6 Å². The fourth-order valence-electron chi connectivity index (χ4n) is 4.65. The average molecular weight is 333 g/mol. The molecule has 0 spiro atoms. The van der Waals surface area contributed by atoms with Crippen molar-refractivity contribution in [3.05, 3.63) is 15.6 Å². The third-order valence-corrected chi connectivity index (χ3v) is 6.63. The van der Waals surface area contributed by atoms with Gasteiger partial charge in [-0.25, -0.2) is 4.98 Å². The number of carbonyl (C=O) groups excluding carboxylic acids is 2. The van der Waals surface area contributed by atoms with Gasteiger partial charge in [-0.15, -0.1) is 11.3 Å². The van der Waals surface area contributed by atoms with E-state index < -0.39 is 0 Å². The molecule has 0 radical (unpaired) electrons. The average Bonchev–Trinajstić information content (AvgIpc) is 2.86. The van der Waals surface area contributed by atoms with Gasteiger partial charge in [-0.2, -0.15) is 0 Å². The van der Waals surface area contributed by atoms with Gasteiger partial charge in [0.2, 0.25) is 5.91 Å². The Bertz CT molecular complexity index is 656. The van der Waals surface area contributed by atoms with E-state index in [0.29, 0.717) is 30.2 Å². The van der Waals surface area contributed by atoms with Crippen LogP contribution in [0.15, 0.2) is 0 Å². The van der Waals surface area contributed by atoms with E-state index in [1.165, 1.54) is 17.8 Å². The SMILES string of the molecule is Cc1nc(C)c(C(=O)N2CC3CC(C2)C2CCCC(=O)N2C3)s1. The monoisotopic (exact) mass is 333 g/mol. The molecule has 3 aliphatic rings. The molecule has 0 saturated carbocycles. The summed E-state index contributed by atoms with van der Waals surface area (Å²) in [5.74, 6) is 1.35. The van der Waals surface area contributed by atoms with Crippen LogP contribution in [0.3, 0.4) is 0 Å². The molecule has 0 N–H and O–H groups in total. The lowest BCUT2D eigenvalue weighted by Gasteiger charge is -2.52. The molecule has 4 heterocycles. The first-order valence-corrected chi connectivity index (χ1v) is 9.37. The predicted octanol–water partition coefficient (Wildman–Crippen LogP) is 2.23. The normalized spacial score (nSPS) is 30.3. The molecule has 3 saturated heterocycles. The molecule has 3 atom stereocenters. The molecule has 3 aliphatic heterocycles. The van der Waals surface area contributed by atoms with Crippen molar-refractivity contribution in [3.63, 3.8) is 0 Å². The van der Waals surface area contributed by atoms with Crippen LogP contribution in [0.5, 0.6) is 0 Å². The van der Waals surface area contributed by atoms with E-state index in [2.05, 4.69) is 9.88 Å². The number of carbonyl (C=O) groups is 2. The maximum Gasteiger partial charge on any atom is 0.265 e. The molecular formula is C17H23N3O2S. The van der Waals surface area contributed by atoms with E-state index in [-0.39, 0.29) is 5.91 Å². The van der Waals surface area contributed by atoms with Gasteiger partial charge in [0.05, 0.1) is 10.7 Å². The van der Waals surface area contributed by atoms with Gasteiger partial charge >= 0.3 is 0 Å². The highest BCUT2D eigenvalue weighted by Gasteiger charge is 2.45. The molecular weight excluding hydrogens is 310 g/mol. The van der Waals surface area contributed by atoms with Crippen molar-refractivity contribution in [1.29, 1.82) is 0 Å². The minimum atomic E-state index is 0.137. The van der Waals surface area contributed by atoms with Crippen molar-refractivity contribution < 1.29 is 9.59 Å². The Balaban J connectivity index is 1.54. The van der Waals surface area contributed by atoms with Crippen molar-refractivity contribution in [3.8, 4) is 0 Å². The first-order chi connectivity index (χ1) is 11.0. The van der Waals surface area contributed by atoms with E-state index in [0.717, 1.165) is 48.1 Å². The van der Waals surface area contributed by atoms with Crippen LogP contribution < -0.4 is 0 Å². The van der Waals surface area contributed by atoms with E-state index >= 15 is 0 Å². The zero-order valence-corrected chi connectivity index (χ0v) is 14.6. The molecule has 23 heavy (non-hydrogen) atoms. The summed E-state index contributed by atoms with van der Waals surface area (Å²) in [7, 11) is 0. The summed E-state index contributed by atoms with van der Waals surface area (Å²) in [5, 5.41) is 0.951. The molecule has 6 heteroatoms. The Labute approximate surface area is 140 Å². The van der Waals surface area contributed by atoms with Gasteiger partial charge in [0.15, 0.2) is 0 Å². The van der Waals surface area contributed by atoms with Gasteiger partial charge in [0.1, 0.15) is 4.88 Å². The zero-order chi connectivity index (χ0) is 16.1. The summed E-state index contributed by atoms with van der Waals surface area (Å²) < 4.78 is 0. The Hall–Kier alpha value is -1.43. The van der Waals surface area contributed by atoms with E-state index in [9.17, 15) is 9.59 Å². The first-order valence-electron chi connectivity index (χ1n) is 8.55. The third-order valence-electron chi connectivity index (χ3n) is 5.56. The number of likely N-dealkylation sites (tertiary alicyclic amines) is 1. The minimum Gasteiger partial charge on any atom is -0.339 e. The number of piperidine rings is 3. The van der Waals surface area contributed by atoms with Crippen LogP contribution in [0, 0.1) is 25.7 Å². The quantitative estimate of drug-likeness (QED) is 0.792.